The van der Waals surface area contributed by atoms with Crippen LogP contribution >= 0.6 is 11.8 Å². The summed E-state index contributed by atoms with van der Waals surface area (Å²) in [6, 6.07) is 16.6. The number of fused-ring (bicyclic) bond motifs is 1. The van der Waals surface area contributed by atoms with Gasteiger partial charge in [0.25, 0.3) is 5.56 Å². The van der Waals surface area contributed by atoms with Gasteiger partial charge < -0.3 is 0 Å². The molecule has 1 aromatic heterocycles. The SMILES string of the molecule is Cc1ccc(CSc2nc3ccccc3c(=O)n2[C@H]2CCC[C@@H](C)[C@@H]2C)cc1. The van der Waals surface area contributed by atoms with Gasteiger partial charge in [-0.3, -0.25) is 9.36 Å². The summed E-state index contributed by atoms with van der Waals surface area (Å²) in [7, 11) is 0. The molecule has 146 valence electrons. The Kier molecular flexibility index (Phi) is 5.58. The third-order valence-electron chi connectivity index (χ3n) is 6.26. The first kappa shape index (κ1) is 19.3. The zero-order valence-electron chi connectivity index (χ0n) is 16.9. The number of thioether (sulfide) groups is 1. The van der Waals surface area contributed by atoms with Crippen molar-refractivity contribution in [1.82, 2.24) is 9.55 Å². The minimum Gasteiger partial charge on any atom is -0.284 e. The van der Waals surface area contributed by atoms with Crippen LogP contribution in [0.25, 0.3) is 10.9 Å². The Labute approximate surface area is 171 Å². The summed E-state index contributed by atoms with van der Waals surface area (Å²) in [6.45, 7) is 6.71. The van der Waals surface area contributed by atoms with Crippen LogP contribution in [0.4, 0.5) is 0 Å². The van der Waals surface area contributed by atoms with Crippen molar-refractivity contribution in [2.45, 2.75) is 57.0 Å². The lowest BCUT2D eigenvalue weighted by Crippen LogP contribution is -2.35. The van der Waals surface area contributed by atoms with E-state index in [9.17, 15) is 4.79 Å². The largest absolute Gasteiger partial charge is 0.284 e. The van der Waals surface area contributed by atoms with Gasteiger partial charge in [-0.25, -0.2) is 4.98 Å². The lowest BCUT2D eigenvalue weighted by molar-refractivity contribution is 0.173. The smallest absolute Gasteiger partial charge is 0.262 e. The Balaban J connectivity index is 1.76. The Morgan fingerprint density at radius 2 is 1.82 bits per heavy atom. The average molecular weight is 393 g/mol. The van der Waals surface area contributed by atoms with Crippen molar-refractivity contribution in [3.05, 3.63) is 70.0 Å². The van der Waals surface area contributed by atoms with Gasteiger partial charge in [0, 0.05) is 11.8 Å². The molecule has 0 N–H and O–H groups in total. The van der Waals surface area contributed by atoms with E-state index in [1.54, 1.807) is 11.8 Å². The fourth-order valence-corrected chi connectivity index (χ4v) is 5.28. The molecule has 4 rings (SSSR count). The maximum absolute atomic E-state index is 13.5. The van der Waals surface area contributed by atoms with Crippen LogP contribution in [-0.2, 0) is 5.75 Å². The quantitative estimate of drug-likeness (QED) is 0.404. The van der Waals surface area contributed by atoms with Crippen LogP contribution in [0.15, 0.2) is 58.5 Å². The third-order valence-corrected chi connectivity index (χ3v) is 7.28. The summed E-state index contributed by atoms with van der Waals surface area (Å²) in [4.78, 5) is 18.4. The number of aromatic nitrogens is 2. The second kappa shape index (κ2) is 8.12. The first-order valence-corrected chi connectivity index (χ1v) is 11.2. The van der Waals surface area contributed by atoms with Gasteiger partial charge in [-0.2, -0.15) is 0 Å². The van der Waals surface area contributed by atoms with E-state index in [1.807, 2.05) is 28.8 Å². The van der Waals surface area contributed by atoms with Gasteiger partial charge in [0.15, 0.2) is 5.16 Å². The van der Waals surface area contributed by atoms with E-state index in [0.717, 1.165) is 28.2 Å². The molecule has 2 aromatic carbocycles. The van der Waals surface area contributed by atoms with Gasteiger partial charge in [-0.15, -0.1) is 0 Å². The summed E-state index contributed by atoms with van der Waals surface area (Å²) in [5.41, 5.74) is 3.43. The zero-order valence-corrected chi connectivity index (χ0v) is 17.7. The van der Waals surface area contributed by atoms with Crippen molar-refractivity contribution in [1.29, 1.82) is 0 Å². The molecule has 28 heavy (non-hydrogen) atoms. The Morgan fingerprint density at radius 1 is 1.07 bits per heavy atom. The average Bonchev–Trinajstić information content (AvgIpc) is 2.70. The highest BCUT2D eigenvalue weighted by molar-refractivity contribution is 7.98. The molecule has 0 saturated heterocycles. The summed E-state index contributed by atoms with van der Waals surface area (Å²) in [6.07, 6.45) is 3.49. The minimum absolute atomic E-state index is 0.114. The van der Waals surface area contributed by atoms with Crippen LogP contribution in [0.5, 0.6) is 0 Å². The summed E-state index contributed by atoms with van der Waals surface area (Å²) >= 11 is 1.68. The van der Waals surface area contributed by atoms with Crippen LogP contribution in [0, 0.1) is 18.8 Å². The predicted molar refractivity (Wildman–Crippen MR) is 118 cm³/mol. The van der Waals surface area contributed by atoms with Gasteiger partial charge in [0.1, 0.15) is 0 Å². The fourth-order valence-electron chi connectivity index (χ4n) is 4.27. The highest BCUT2D eigenvalue weighted by Crippen LogP contribution is 2.39. The van der Waals surface area contributed by atoms with Gasteiger partial charge in [0.2, 0.25) is 0 Å². The fraction of sp³-hybridized carbons (Fsp3) is 0.417. The van der Waals surface area contributed by atoms with Crippen molar-refractivity contribution in [2.24, 2.45) is 11.8 Å². The highest BCUT2D eigenvalue weighted by atomic mass is 32.2. The summed E-state index contributed by atoms with van der Waals surface area (Å²) in [5.74, 6) is 1.93. The van der Waals surface area contributed by atoms with Crippen LogP contribution in [0.1, 0.15) is 50.3 Å². The third kappa shape index (κ3) is 3.75. The lowest BCUT2D eigenvalue weighted by atomic mass is 9.78. The Morgan fingerprint density at radius 3 is 2.61 bits per heavy atom. The summed E-state index contributed by atoms with van der Waals surface area (Å²) < 4.78 is 2.02. The maximum atomic E-state index is 13.5. The maximum Gasteiger partial charge on any atom is 0.262 e. The molecule has 1 saturated carbocycles. The van der Waals surface area contributed by atoms with Crippen molar-refractivity contribution in [2.75, 3.05) is 0 Å². The van der Waals surface area contributed by atoms with E-state index in [2.05, 4.69) is 45.0 Å². The predicted octanol–water partition coefficient (Wildman–Crippen LogP) is 5.99. The molecule has 0 amide bonds. The molecule has 0 bridgehead atoms. The second-order valence-corrected chi connectivity index (χ2v) is 9.14. The monoisotopic (exact) mass is 392 g/mol. The molecule has 0 radical (unpaired) electrons. The molecule has 3 aromatic rings. The molecule has 1 fully saturated rings. The number of hydrogen-bond donors (Lipinski definition) is 0. The first-order chi connectivity index (χ1) is 13.5. The lowest BCUT2D eigenvalue weighted by Gasteiger charge is -2.36. The topological polar surface area (TPSA) is 34.9 Å². The molecule has 3 atom stereocenters. The van der Waals surface area contributed by atoms with Gasteiger partial charge in [-0.05, 0) is 42.9 Å². The van der Waals surface area contributed by atoms with Crippen LogP contribution in [-0.4, -0.2) is 9.55 Å². The molecule has 4 heteroatoms. The summed E-state index contributed by atoms with van der Waals surface area (Å²) in [5, 5.41) is 1.59. The van der Waals surface area contributed by atoms with Crippen molar-refractivity contribution in [3.8, 4) is 0 Å². The number of nitrogens with zero attached hydrogens (tertiary/aromatic N) is 2. The van der Waals surface area contributed by atoms with Gasteiger partial charge in [-0.1, -0.05) is 80.4 Å². The molecular formula is C24H28N2OS. The van der Waals surface area contributed by atoms with E-state index in [1.165, 1.54) is 24.0 Å². The van der Waals surface area contributed by atoms with Gasteiger partial charge in [0.05, 0.1) is 10.9 Å². The van der Waals surface area contributed by atoms with Crippen molar-refractivity contribution < 1.29 is 0 Å². The number of para-hydroxylation sites is 1. The minimum atomic E-state index is 0.114. The molecule has 1 aliphatic carbocycles. The highest BCUT2D eigenvalue weighted by Gasteiger charge is 2.31. The van der Waals surface area contributed by atoms with Gasteiger partial charge >= 0.3 is 0 Å². The molecule has 0 aliphatic heterocycles. The molecule has 1 aliphatic rings. The zero-order chi connectivity index (χ0) is 19.7. The first-order valence-electron chi connectivity index (χ1n) is 10.2. The number of hydrogen-bond acceptors (Lipinski definition) is 3. The van der Waals surface area contributed by atoms with E-state index >= 15 is 0 Å². The molecule has 0 unspecified atom stereocenters. The van der Waals surface area contributed by atoms with E-state index in [0.29, 0.717) is 11.8 Å². The molecule has 3 nitrogen and oxygen atoms in total. The van der Waals surface area contributed by atoms with Crippen LogP contribution < -0.4 is 5.56 Å². The molecule has 1 heterocycles. The Bertz CT molecular complexity index is 1020. The normalized spacial score (nSPS) is 22.5. The number of benzene rings is 2. The second-order valence-electron chi connectivity index (χ2n) is 8.20. The van der Waals surface area contributed by atoms with Crippen molar-refractivity contribution in [3.63, 3.8) is 0 Å². The van der Waals surface area contributed by atoms with E-state index < -0.39 is 0 Å². The Hall–Kier alpha value is -2.07. The number of aryl methyl sites for hydroxylation is 1. The van der Waals surface area contributed by atoms with E-state index in [-0.39, 0.29) is 11.6 Å². The van der Waals surface area contributed by atoms with Crippen LogP contribution in [0.3, 0.4) is 0 Å². The number of rotatable bonds is 4. The van der Waals surface area contributed by atoms with Crippen molar-refractivity contribution >= 4 is 22.7 Å². The van der Waals surface area contributed by atoms with E-state index in [4.69, 9.17) is 4.98 Å². The van der Waals surface area contributed by atoms with Crippen LogP contribution in [0.2, 0.25) is 0 Å². The molecule has 0 spiro atoms. The molecular weight excluding hydrogens is 364 g/mol. The standard InChI is InChI=1S/C24H28N2OS/c1-16-11-13-19(14-12-16)15-28-24-25-21-9-5-4-8-20(21)23(27)26(24)22-10-6-7-17(2)18(22)3/h4-5,8-9,11-14,17-18,22H,6-7,10,15H2,1-3H3/t17-,18+,22+/m1/s1.